The van der Waals surface area contributed by atoms with Gasteiger partial charge in [-0.3, -0.25) is 9.59 Å². The summed E-state index contributed by atoms with van der Waals surface area (Å²) in [5, 5.41) is 0. The van der Waals surface area contributed by atoms with E-state index in [0.29, 0.717) is 18.4 Å². The van der Waals surface area contributed by atoms with Crippen molar-refractivity contribution < 1.29 is 19.1 Å². The highest BCUT2D eigenvalue weighted by atomic mass is 16.6. The molecule has 0 saturated carbocycles. The van der Waals surface area contributed by atoms with Crippen LogP contribution in [0, 0.1) is 5.92 Å². The quantitative estimate of drug-likeness (QED) is 0.618. The Morgan fingerprint density at radius 3 is 2.47 bits per heavy atom. The van der Waals surface area contributed by atoms with Crippen LogP contribution >= 0.6 is 0 Å². The van der Waals surface area contributed by atoms with Crippen LogP contribution < -0.4 is 4.74 Å². The van der Waals surface area contributed by atoms with Gasteiger partial charge >= 0.3 is 5.97 Å². The van der Waals surface area contributed by atoms with Crippen molar-refractivity contribution in [1.82, 2.24) is 0 Å². The number of benzene rings is 1. The molecule has 1 fully saturated rings. The van der Waals surface area contributed by atoms with Crippen molar-refractivity contribution in [3.05, 3.63) is 29.8 Å². The number of carbonyl (C=O) groups excluding carboxylic acids is 2. The molecule has 0 radical (unpaired) electrons. The molecule has 19 heavy (non-hydrogen) atoms. The monoisotopic (exact) mass is 262 g/mol. The fourth-order valence-electron chi connectivity index (χ4n) is 2.30. The summed E-state index contributed by atoms with van der Waals surface area (Å²) in [4.78, 5) is 23.5. The van der Waals surface area contributed by atoms with Crippen molar-refractivity contribution in [2.45, 2.75) is 32.3 Å². The SMILES string of the molecule is COc1ccc(C(=O)CC2CC(=O)OC2(C)C)cc1. The van der Waals surface area contributed by atoms with Gasteiger partial charge in [-0.1, -0.05) is 0 Å². The third kappa shape index (κ3) is 2.95. The Morgan fingerprint density at radius 1 is 1.37 bits per heavy atom. The first-order valence-corrected chi connectivity index (χ1v) is 6.31. The Hall–Kier alpha value is -1.84. The summed E-state index contributed by atoms with van der Waals surface area (Å²) < 4.78 is 10.3. The van der Waals surface area contributed by atoms with E-state index in [0.717, 1.165) is 5.75 Å². The normalized spacial score (nSPS) is 21.0. The average molecular weight is 262 g/mol. The summed E-state index contributed by atoms with van der Waals surface area (Å²) in [6, 6.07) is 7.00. The fourth-order valence-corrected chi connectivity index (χ4v) is 2.30. The smallest absolute Gasteiger partial charge is 0.306 e. The molecular formula is C15H18O4. The number of Topliss-reactive ketones (excluding diaryl/α,β-unsaturated/α-hetero) is 1. The molecule has 0 aromatic heterocycles. The number of rotatable bonds is 4. The second-order valence-electron chi connectivity index (χ2n) is 5.33. The van der Waals surface area contributed by atoms with Crippen molar-refractivity contribution in [2.24, 2.45) is 5.92 Å². The van der Waals surface area contributed by atoms with E-state index in [-0.39, 0.29) is 17.7 Å². The number of esters is 1. The van der Waals surface area contributed by atoms with E-state index in [2.05, 4.69) is 0 Å². The van der Waals surface area contributed by atoms with Crippen LogP contribution in [0.1, 0.15) is 37.0 Å². The number of carbonyl (C=O) groups is 2. The van der Waals surface area contributed by atoms with E-state index in [9.17, 15) is 9.59 Å². The highest BCUT2D eigenvalue weighted by Gasteiger charge is 2.42. The summed E-state index contributed by atoms with van der Waals surface area (Å²) in [7, 11) is 1.58. The molecular weight excluding hydrogens is 244 g/mol. The lowest BCUT2D eigenvalue weighted by Gasteiger charge is -2.24. The van der Waals surface area contributed by atoms with E-state index in [1.807, 2.05) is 13.8 Å². The summed E-state index contributed by atoms with van der Waals surface area (Å²) in [5.74, 6) is 0.461. The predicted octanol–water partition coefficient (Wildman–Crippen LogP) is 2.61. The molecule has 1 unspecified atom stereocenters. The molecule has 1 aromatic carbocycles. The minimum absolute atomic E-state index is 0.0269. The van der Waals surface area contributed by atoms with E-state index in [1.165, 1.54) is 0 Å². The van der Waals surface area contributed by atoms with E-state index in [1.54, 1.807) is 31.4 Å². The molecule has 0 bridgehead atoms. The lowest BCUT2D eigenvalue weighted by molar-refractivity contribution is -0.146. The maximum Gasteiger partial charge on any atom is 0.306 e. The van der Waals surface area contributed by atoms with Gasteiger partial charge in [0.2, 0.25) is 0 Å². The summed E-state index contributed by atoms with van der Waals surface area (Å²) >= 11 is 0. The summed E-state index contributed by atoms with van der Waals surface area (Å²) in [6.45, 7) is 3.70. The topological polar surface area (TPSA) is 52.6 Å². The summed E-state index contributed by atoms with van der Waals surface area (Å²) in [6.07, 6.45) is 0.639. The predicted molar refractivity (Wildman–Crippen MR) is 70.2 cm³/mol. The van der Waals surface area contributed by atoms with Crippen molar-refractivity contribution in [1.29, 1.82) is 0 Å². The summed E-state index contributed by atoms with van der Waals surface area (Å²) in [5.41, 5.74) is 0.0788. The second kappa shape index (κ2) is 5.03. The number of ketones is 1. The van der Waals surface area contributed by atoms with Gasteiger partial charge in [0.25, 0.3) is 0 Å². The average Bonchev–Trinajstić information content (AvgIpc) is 2.62. The number of ether oxygens (including phenoxy) is 2. The zero-order chi connectivity index (χ0) is 14.0. The van der Waals surface area contributed by atoms with E-state index >= 15 is 0 Å². The minimum Gasteiger partial charge on any atom is -0.497 e. The number of hydrogen-bond donors (Lipinski definition) is 0. The van der Waals surface area contributed by atoms with Crippen LogP contribution in [0.25, 0.3) is 0 Å². The molecule has 1 heterocycles. The van der Waals surface area contributed by atoms with Crippen LogP contribution in [0.3, 0.4) is 0 Å². The van der Waals surface area contributed by atoms with Gasteiger partial charge in [0.05, 0.1) is 13.5 Å². The van der Waals surface area contributed by atoms with Gasteiger partial charge in [0, 0.05) is 17.9 Å². The second-order valence-corrected chi connectivity index (χ2v) is 5.33. The molecule has 102 valence electrons. The molecule has 1 aliphatic rings. The van der Waals surface area contributed by atoms with Gasteiger partial charge < -0.3 is 9.47 Å². The third-order valence-corrected chi connectivity index (χ3v) is 3.62. The molecule has 0 aliphatic carbocycles. The van der Waals surface area contributed by atoms with Crippen molar-refractivity contribution in [2.75, 3.05) is 7.11 Å². The molecule has 1 aromatic rings. The zero-order valence-corrected chi connectivity index (χ0v) is 11.4. The minimum atomic E-state index is -0.556. The van der Waals surface area contributed by atoms with Gasteiger partial charge in [0.1, 0.15) is 11.4 Å². The lowest BCUT2D eigenvalue weighted by Crippen LogP contribution is -2.29. The fraction of sp³-hybridized carbons (Fsp3) is 0.467. The van der Waals surface area contributed by atoms with Crippen molar-refractivity contribution in [3.63, 3.8) is 0 Å². The van der Waals surface area contributed by atoms with Crippen LogP contribution in [0.2, 0.25) is 0 Å². The molecule has 0 N–H and O–H groups in total. The Balaban J connectivity index is 2.06. The van der Waals surface area contributed by atoms with Gasteiger partial charge in [0.15, 0.2) is 5.78 Å². The van der Waals surface area contributed by atoms with Crippen LogP contribution in [0.15, 0.2) is 24.3 Å². The van der Waals surface area contributed by atoms with Gasteiger partial charge in [-0.2, -0.15) is 0 Å². The van der Waals surface area contributed by atoms with Gasteiger partial charge in [-0.15, -0.1) is 0 Å². The molecule has 2 rings (SSSR count). The Labute approximate surface area is 112 Å². The van der Waals surface area contributed by atoms with E-state index < -0.39 is 5.60 Å². The highest BCUT2D eigenvalue weighted by Crippen LogP contribution is 2.35. The molecule has 1 saturated heterocycles. The van der Waals surface area contributed by atoms with Crippen molar-refractivity contribution >= 4 is 11.8 Å². The Bertz CT molecular complexity index is 487. The maximum atomic E-state index is 12.2. The molecule has 4 nitrogen and oxygen atoms in total. The van der Waals surface area contributed by atoms with Crippen molar-refractivity contribution in [3.8, 4) is 5.75 Å². The van der Waals surface area contributed by atoms with Gasteiger partial charge in [-0.05, 0) is 38.1 Å². The van der Waals surface area contributed by atoms with Crippen LogP contribution in [0.5, 0.6) is 5.75 Å². The molecule has 1 atom stereocenters. The molecule has 1 aliphatic heterocycles. The van der Waals surface area contributed by atoms with Crippen LogP contribution in [-0.4, -0.2) is 24.5 Å². The molecule has 4 heteroatoms. The Kier molecular flexibility index (Phi) is 3.60. The number of hydrogen-bond acceptors (Lipinski definition) is 4. The van der Waals surface area contributed by atoms with Crippen LogP contribution in [-0.2, 0) is 9.53 Å². The number of cyclic esters (lactones) is 1. The molecule has 0 amide bonds. The van der Waals surface area contributed by atoms with E-state index in [4.69, 9.17) is 9.47 Å². The first-order chi connectivity index (χ1) is 8.92. The largest absolute Gasteiger partial charge is 0.497 e. The standard InChI is InChI=1S/C15H18O4/c1-15(2)11(9-14(17)19-15)8-13(16)10-4-6-12(18-3)7-5-10/h4-7,11H,8-9H2,1-3H3. The van der Waals surface area contributed by atoms with Gasteiger partial charge in [-0.25, -0.2) is 0 Å². The lowest BCUT2D eigenvalue weighted by atomic mass is 9.85. The zero-order valence-electron chi connectivity index (χ0n) is 11.4. The van der Waals surface area contributed by atoms with Crippen LogP contribution in [0.4, 0.5) is 0 Å². The maximum absolute atomic E-state index is 12.2. The molecule has 0 spiro atoms. The highest BCUT2D eigenvalue weighted by molar-refractivity contribution is 5.96. The third-order valence-electron chi connectivity index (χ3n) is 3.62. The number of methoxy groups -OCH3 is 1. The first-order valence-electron chi connectivity index (χ1n) is 6.31. The Morgan fingerprint density at radius 2 is 2.00 bits per heavy atom. The first kappa shape index (κ1) is 13.6.